The van der Waals surface area contributed by atoms with Crippen LogP contribution in [0.25, 0.3) is 0 Å². The summed E-state index contributed by atoms with van der Waals surface area (Å²) in [7, 11) is 1.64. The Bertz CT molecular complexity index is 761. The Hall–Kier alpha value is -2.21. The van der Waals surface area contributed by atoms with Crippen molar-refractivity contribution in [1.82, 2.24) is 0 Å². The highest BCUT2D eigenvalue weighted by molar-refractivity contribution is 9.10. The van der Waals surface area contributed by atoms with Crippen LogP contribution in [0.5, 0.6) is 11.5 Å². The molecule has 0 aromatic heterocycles. The molecule has 5 nitrogen and oxygen atoms in total. The molecule has 1 amide bonds. The van der Waals surface area contributed by atoms with E-state index < -0.39 is 0 Å². The fraction of sp³-hybridized carbons (Fsp3) is 0.381. The SMILES string of the molecule is CCCOc1c(CNc2ccc(NC(=O)C(C)C)cc2)cc(Br)cc1OC. The summed E-state index contributed by atoms with van der Waals surface area (Å²) in [6.45, 7) is 7.04. The van der Waals surface area contributed by atoms with Crippen molar-refractivity contribution >= 4 is 33.2 Å². The highest BCUT2D eigenvalue weighted by Crippen LogP contribution is 2.35. The minimum atomic E-state index is -0.0455. The van der Waals surface area contributed by atoms with Crippen LogP contribution >= 0.6 is 15.9 Å². The standard InChI is InChI=1S/C21H27BrN2O3/c1-5-10-27-20-15(11-16(22)12-19(20)26-4)13-23-17-6-8-18(9-7-17)24-21(25)14(2)3/h6-9,11-12,14,23H,5,10,13H2,1-4H3,(H,24,25). The summed E-state index contributed by atoms with van der Waals surface area (Å²) in [4.78, 5) is 11.8. The first-order valence-corrected chi connectivity index (χ1v) is 9.87. The zero-order chi connectivity index (χ0) is 19.8. The molecule has 27 heavy (non-hydrogen) atoms. The smallest absolute Gasteiger partial charge is 0.226 e. The fourth-order valence-corrected chi connectivity index (χ4v) is 2.91. The summed E-state index contributed by atoms with van der Waals surface area (Å²) in [5.74, 6) is 1.43. The summed E-state index contributed by atoms with van der Waals surface area (Å²) in [6.07, 6.45) is 0.926. The Morgan fingerprint density at radius 3 is 2.41 bits per heavy atom. The molecule has 146 valence electrons. The maximum atomic E-state index is 11.8. The van der Waals surface area contributed by atoms with Gasteiger partial charge in [0.15, 0.2) is 11.5 Å². The number of hydrogen-bond donors (Lipinski definition) is 2. The van der Waals surface area contributed by atoms with Crippen LogP contribution in [0.4, 0.5) is 11.4 Å². The monoisotopic (exact) mass is 434 g/mol. The molecule has 2 rings (SSSR count). The van der Waals surface area contributed by atoms with Gasteiger partial charge < -0.3 is 20.1 Å². The Morgan fingerprint density at radius 1 is 1.15 bits per heavy atom. The molecule has 0 saturated heterocycles. The fourth-order valence-electron chi connectivity index (χ4n) is 2.43. The number of rotatable bonds is 9. The quantitative estimate of drug-likeness (QED) is 0.550. The van der Waals surface area contributed by atoms with Crippen molar-refractivity contribution in [2.45, 2.75) is 33.7 Å². The molecule has 0 unspecified atom stereocenters. The van der Waals surface area contributed by atoms with Gasteiger partial charge in [-0.25, -0.2) is 0 Å². The lowest BCUT2D eigenvalue weighted by Gasteiger charge is -2.16. The second-order valence-corrected chi connectivity index (χ2v) is 7.44. The van der Waals surface area contributed by atoms with Crippen LogP contribution < -0.4 is 20.1 Å². The summed E-state index contributed by atoms with van der Waals surface area (Å²) in [5.41, 5.74) is 2.75. The second kappa shape index (κ2) is 10.2. The third-order valence-electron chi connectivity index (χ3n) is 3.93. The van der Waals surface area contributed by atoms with Crippen LogP contribution in [0.1, 0.15) is 32.8 Å². The third kappa shape index (κ3) is 6.17. The van der Waals surface area contributed by atoms with Crippen LogP contribution in [-0.4, -0.2) is 19.6 Å². The van der Waals surface area contributed by atoms with Crippen molar-refractivity contribution in [2.75, 3.05) is 24.4 Å². The van der Waals surface area contributed by atoms with Gasteiger partial charge in [0, 0.05) is 33.9 Å². The van der Waals surface area contributed by atoms with Crippen LogP contribution in [0.3, 0.4) is 0 Å². The van der Waals surface area contributed by atoms with E-state index in [1.54, 1.807) is 7.11 Å². The van der Waals surface area contributed by atoms with E-state index in [1.807, 2.05) is 50.2 Å². The zero-order valence-electron chi connectivity index (χ0n) is 16.3. The summed E-state index contributed by atoms with van der Waals surface area (Å²) in [5, 5.41) is 6.28. The van der Waals surface area contributed by atoms with Crippen molar-refractivity contribution < 1.29 is 14.3 Å². The van der Waals surface area contributed by atoms with Crippen molar-refractivity contribution in [3.63, 3.8) is 0 Å². The first kappa shape index (κ1) is 21.1. The van der Waals surface area contributed by atoms with Gasteiger partial charge in [-0.1, -0.05) is 36.7 Å². The third-order valence-corrected chi connectivity index (χ3v) is 4.38. The predicted molar refractivity (Wildman–Crippen MR) is 114 cm³/mol. The van der Waals surface area contributed by atoms with Gasteiger partial charge in [-0.2, -0.15) is 0 Å². The predicted octanol–water partition coefficient (Wildman–Crippen LogP) is 5.45. The van der Waals surface area contributed by atoms with E-state index in [-0.39, 0.29) is 11.8 Å². The Labute approximate surface area is 169 Å². The number of amides is 1. The molecule has 6 heteroatoms. The van der Waals surface area contributed by atoms with Gasteiger partial charge >= 0.3 is 0 Å². The van der Waals surface area contributed by atoms with Crippen LogP contribution in [-0.2, 0) is 11.3 Å². The van der Waals surface area contributed by atoms with Gasteiger partial charge in [-0.15, -0.1) is 0 Å². The van der Waals surface area contributed by atoms with E-state index in [2.05, 4.69) is 33.5 Å². The number of carbonyl (C=O) groups excluding carboxylic acids is 1. The van der Waals surface area contributed by atoms with E-state index in [0.29, 0.717) is 18.9 Å². The Morgan fingerprint density at radius 2 is 1.81 bits per heavy atom. The molecular weight excluding hydrogens is 408 g/mol. The number of hydrogen-bond acceptors (Lipinski definition) is 4. The lowest BCUT2D eigenvalue weighted by molar-refractivity contribution is -0.118. The number of ether oxygens (including phenoxy) is 2. The zero-order valence-corrected chi connectivity index (χ0v) is 17.9. The number of anilines is 2. The summed E-state index contributed by atoms with van der Waals surface area (Å²) < 4.78 is 12.3. The van der Waals surface area contributed by atoms with E-state index in [4.69, 9.17) is 9.47 Å². The lowest BCUT2D eigenvalue weighted by Crippen LogP contribution is -2.17. The largest absolute Gasteiger partial charge is 0.493 e. The van der Waals surface area contributed by atoms with Gasteiger partial charge in [-0.05, 0) is 42.8 Å². The van der Waals surface area contributed by atoms with Crippen molar-refractivity contribution in [3.05, 3.63) is 46.4 Å². The number of carbonyl (C=O) groups is 1. The maximum absolute atomic E-state index is 11.8. The van der Waals surface area contributed by atoms with Crippen molar-refractivity contribution in [3.8, 4) is 11.5 Å². The first-order valence-electron chi connectivity index (χ1n) is 9.08. The molecule has 0 aliphatic carbocycles. The van der Waals surface area contributed by atoms with Crippen molar-refractivity contribution in [2.24, 2.45) is 5.92 Å². The topological polar surface area (TPSA) is 59.6 Å². The molecule has 0 heterocycles. The number of methoxy groups -OCH3 is 1. The van der Waals surface area contributed by atoms with Gasteiger partial charge in [-0.3, -0.25) is 4.79 Å². The molecule has 0 atom stereocenters. The van der Waals surface area contributed by atoms with Crippen LogP contribution in [0.2, 0.25) is 0 Å². The average molecular weight is 435 g/mol. The molecule has 0 aliphatic rings. The second-order valence-electron chi connectivity index (χ2n) is 6.52. The van der Waals surface area contributed by atoms with E-state index in [1.165, 1.54) is 0 Å². The maximum Gasteiger partial charge on any atom is 0.226 e. The van der Waals surface area contributed by atoms with Crippen molar-refractivity contribution in [1.29, 1.82) is 0 Å². The molecule has 0 fully saturated rings. The van der Waals surface area contributed by atoms with Gasteiger partial charge in [0.2, 0.25) is 5.91 Å². The highest BCUT2D eigenvalue weighted by Gasteiger charge is 2.13. The Kier molecular flexibility index (Phi) is 7.98. The molecule has 0 saturated carbocycles. The summed E-state index contributed by atoms with van der Waals surface area (Å²) >= 11 is 3.52. The van der Waals surface area contributed by atoms with Gasteiger partial charge in [0.05, 0.1) is 13.7 Å². The first-order chi connectivity index (χ1) is 12.9. The molecule has 0 bridgehead atoms. The molecule has 0 radical (unpaired) electrons. The summed E-state index contributed by atoms with van der Waals surface area (Å²) in [6, 6.07) is 11.6. The van der Waals surface area contributed by atoms with E-state index >= 15 is 0 Å². The van der Waals surface area contributed by atoms with Gasteiger partial charge in [0.25, 0.3) is 0 Å². The number of benzene rings is 2. The average Bonchev–Trinajstić information content (AvgIpc) is 2.65. The highest BCUT2D eigenvalue weighted by atomic mass is 79.9. The van der Waals surface area contributed by atoms with Crippen LogP contribution in [0, 0.1) is 5.92 Å². The Balaban J connectivity index is 2.09. The van der Waals surface area contributed by atoms with E-state index in [0.717, 1.165) is 33.6 Å². The van der Waals surface area contributed by atoms with Gasteiger partial charge in [0.1, 0.15) is 0 Å². The van der Waals surface area contributed by atoms with E-state index in [9.17, 15) is 4.79 Å². The molecule has 2 aromatic rings. The number of nitrogens with one attached hydrogen (secondary N) is 2. The molecule has 0 spiro atoms. The number of halogens is 1. The normalized spacial score (nSPS) is 10.6. The minimum Gasteiger partial charge on any atom is -0.493 e. The van der Waals surface area contributed by atoms with Crippen LogP contribution in [0.15, 0.2) is 40.9 Å². The molecule has 2 N–H and O–H groups in total. The molecular formula is C21H27BrN2O3. The minimum absolute atomic E-state index is 0.00894. The lowest BCUT2D eigenvalue weighted by atomic mass is 10.1. The molecule has 2 aromatic carbocycles. The molecule has 0 aliphatic heterocycles.